The van der Waals surface area contributed by atoms with Crippen molar-refractivity contribution in [2.75, 3.05) is 0 Å². The standard InChI is InChI=1S/C16H12O2S/c1-2-13(17)10-7-8-15-12(9-10)16(18)11-5-3-4-6-14(11)19-15/h3-9H,2H2,1H3. The highest BCUT2D eigenvalue weighted by Gasteiger charge is 2.09. The summed E-state index contributed by atoms with van der Waals surface area (Å²) in [6, 6.07) is 13.0. The van der Waals surface area contributed by atoms with Crippen LogP contribution >= 0.6 is 11.3 Å². The van der Waals surface area contributed by atoms with Gasteiger partial charge < -0.3 is 0 Å². The summed E-state index contributed by atoms with van der Waals surface area (Å²) in [5.41, 5.74) is 0.629. The molecule has 0 amide bonds. The average Bonchev–Trinajstić information content (AvgIpc) is 2.46. The fourth-order valence-corrected chi connectivity index (χ4v) is 3.23. The van der Waals surface area contributed by atoms with E-state index in [1.54, 1.807) is 23.5 Å². The van der Waals surface area contributed by atoms with Gasteiger partial charge in [-0.3, -0.25) is 9.59 Å². The van der Waals surface area contributed by atoms with Gasteiger partial charge in [-0.2, -0.15) is 0 Å². The average molecular weight is 268 g/mol. The van der Waals surface area contributed by atoms with Crippen LogP contribution in [0.4, 0.5) is 0 Å². The molecule has 0 atom stereocenters. The summed E-state index contributed by atoms with van der Waals surface area (Å²) in [5, 5.41) is 1.36. The number of ketones is 1. The molecule has 0 bridgehead atoms. The lowest BCUT2D eigenvalue weighted by Crippen LogP contribution is -2.03. The van der Waals surface area contributed by atoms with Crippen LogP contribution in [0, 0.1) is 0 Å². The molecule has 0 N–H and O–H groups in total. The summed E-state index contributed by atoms with van der Waals surface area (Å²) in [7, 11) is 0. The summed E-state index contributed by atoms with van der Waals surface area (Å²) in [6.45, 7) is 1.83. The predicted octanol–water partition coefficient (Wildman–Crippen LogP) is 4.01. The molecule has 0 fully saturated rings. The van der Waals surface area contributed by atoms with Crippen LogP contribution in [0.3, 0.4) is 0 Å². The largest absolute Gasteiger partial charge is 0.294 e. The summed E-state index contributed by atoms with van der Waals surface area (Å²) in [6.07, 6.45) is 0.455. The van der Waals surface area contributed by atoms with E-state index in [0.29, 0.717) is 17.4 Å². The lowest BCUT2D eigenvalue weighted by Gasteiger charge is -2.03. The Kier molecular flexibility index (Phi) is 2.91. The second-order valence-corrected chi connectivity index (χ2v) is 5.50. The zero-order valence-electron chi connectivity index (χ0n) is 10.5. The topological polar surface area (TPSA) is 34.1 Å². The van der Waals surface area contributed by atoms with E-state index in [2.05, 4.69) is 0 Å². The molecule has 3 heteroatoms. The minimum absolute atomic E-state index is 0.00935. The van der Waals surface area contributed by atoms with Gasteiger partial charge in [0.25, 0.3) is 0 Å². The molecule has 0 radical (unpaired) electrons. The monoisotopic (exact) mass is 268 g/mol. The number of hydrogen-bond donors (Lipinski definition) is 0. The highest BCUT2D eigenvalue weighted by Crippen LogP contribution is 2.25. The number of hydrogen-bond acceptors (Lipinski definition) is 3. The maximum absolute atomic E-state index is 12.4. The Morgan fingerprint density at radius 3 is 2.58 bits per heavy atom. The molecule has 94 valence electrons. The molecule has 3 aromatic rings. The van der Waals surface area contributed by atoms with Crippen LogP contribution in [0.1, 0.15) is 23.7 Å². The van der Waals surface area contributed by atoms with E-state index in [0.717, 1.165) is 14.8 Å². The van der Waals surface area contributed by atoms with Crippen LogP contribution in [0.15, 0.2) is 47.3 Å². The zero-order chi connectivity index (χ0) is 13.4. The molecule has 0 aliphatic heterocycles. The van der Waals surface area contributed by atoms with Crippen LogP contribution in [-0.2, 0) is 0 Å². The third-order valence-electron chi connectivity index (χ3n) is 3.22. The normalized spacial score (nSPS) is 11.0. The zero-order valence-corrected chi connectivity index (χ0v) is 11.3. The van der Waals surface area contributed by atoms with Crippen molar-refractivity contribution in [1.29, 1.82) is 0 Å². The number of carbonyl (C=O) groups excluding carboxylic acids is 1. The van der Waals surface area contributed by atoms with E-state index < -0.39 is 0 Å². The van der Waals surface area contributed by atoms with Gasteiger partial charge in [-0.15, -0.1) is 11.3 Å². The Morgan fingerprint density at radius 1 is 1.05 bits per heavy atom. The van der Waals surface area contributed by atoms with Gasteiger partial charge in [0.1, 0.15) is 0 Å². The highest BCUT2D eigenvalue weighted by molar-refractivity contribution is 7.24. The van der Waals surface area contributed by atoms with Crippen molar-refractivity contribution in [2.24, 2.45) is 0 Å². The minimum Gasteiger partial charge on any atom is -0.294 e. The first-order valence-electron chi connectivity index (χ1n) is 6.19. The summed E-state index contributed by atoms with van der Waals surface area (Å²) in [5.74, 6) is 0.0689. The first-order chi connectivity index (χ1) is 9.20. The van der Waals surface area contributed by atoms with Crippen LogP contribution in [-0.4, -0.2) is 5.78 Å². The van der Waals surface area contributed by atoms with Crippen LogP contribution in [0.5, 0.6) is 0 Å². The quantitative estimate of drug-likeness (QED) is 0.520. The van der Waals surface area contributed by atoms with Gasteiger partial charge in [-0.1, -0.05) is 19.1 Å². The third-order valence-corrected chi connectivity index (χ3v) is 4.37. The van der Waals surface area contributed by atoms with E-state index in [-0.39, 0.29) is 11.2 Å². The van der Waals surface area contributed by atoms with Gasteiger partial charge in [-0.05, 0) is 30.3 Å². The number of rotatable bonds is 2. The SMILES string of the molecule is CCC(=O)c1ccc2sc3ccccc3c(=O)c2c1. The van der Waals surface area contributed by atoms with Gasteiger partial charge in [0, 0.05) is 32.2 Å². The molecular weight excluding hydrogens is 256 g/mol. The summed E-state index contributed by atoms with van der Waals surface area (Å²) in [4.78, 5) is 24.2. The Labute approximate surface area is 114 Å². The third kappa shape index (κ3) is 1.96. The van der Waals surface area contributed by atoms with Crippen molar-refractivity contribution in [1.82, 2.24) is 0 Å². The molecule has 1 aromatic heterocycles. The molecule has 0 saturated carbocycles. The maximum Gasteiger partial charge on any atom is 0.195 e. The molecule has 3 rings (SSSR count). The smallest absolute Gasteiger partial charge is 0.195 e. The summed E-state index contributed by atoms with van der Waals surface area (Å²) < 4.78 is 1.91. The van der Waals surface area contributed by atoms with E-state index >= 15 is 0 Å². The van der Waals surface area contributed by atoms with E-state index in [4.69, 9.17) is 0 Å². The number of carbonyl (C=O) groups is 1. The molecule has 2 aromatic carbocycles. The van der Waals surface area contributed by atoms with E-state index in [1.807, 2.05) is 37.3 Å². The van der Waals surface area contributed by atoms with E-state index in [1.165, 1.54) is 0 Å². The molecule has 0 unspecified atom stereocenters. The maximum atomic E-state index is 12.4. The lowest BCUT2D eigenvalue weighted by atomic mass is 10.1. The highest BCUT2D eigenvalue weighted by atomic mass is 32.1. The number of fused-ring (bicyclic) bond motifs is 2. The summed E-state index contributed by atoms with van der Waals surface area (Å²) >= 11 is 1.58. The van der Waals surface area contributed by atoms with Crippen LogP contribution in [0.25, 0.3) is 20.2 Å². The van der Waals surface area contributed by atoms with Crippen molar-refractivity contribution < 1.29 is 4.79 Å². The fourth-order valence-electron chi connectivity index (χ4n) is 2.18. The van der Waals surface area contributed by atoms with Gasteiger partial charge in [0.05, 0.1) is 0 Å². The Morgan fingerprint density at radius 2 is 1.79 bits per heavy atom. The first kappa shape index (κ1) is 12.1. The van der Waals surface area contributed by atoms with Crippen LogP contribution < -0.4 is 5.43 Å². The van der Waals surface area contributed by atoms with Crippen molar-refractivity contribution in [3.8, 4) is 0 Å². The number of Topliss-reactive ketones (excluding diaryl/α,β-unsaturated/α-hetero) is 1. The van der Waals surface area contributed by atoms with Gasteiger partial charge >= 0.3 is 0 Å². The van der Waals surface area contributed by atoms with Gasteiger partial charge in [-0.25, -0.2) is 0 Å². The predicted molar refractivity (Wildman–Crippen MR) is 80.2 cm³/mol. The van der Waals surface area contributed by atoms with Crippen molar-refractivity contribution in [2.45, 2.75) is 13.3 Å². The van der Waals surface area contributed by atoms with Crippen molar-refractivity contribution >= 4 is 37.3 Å². The van der Waals surface area contributed by atoms with Gasteiger partial charge in [0.15, 0.2) is 11.2 Å². The Bertz CT molecular complexity index is 846. The second kappa shape index (κ2) is 4.59. The minimum atomic E-state index is 0.00935. The molecule has 0 aliphatic rings. The van der Waals surface area contributed by atoms with Crippen LogP contribution in [0.2, 0.25) is 0 Å². The molecule has 0 spiro atoms. The Hall–Kier alpha value is -2.00. The van der Waals surface area contributed by atoms with E-state index in [9.17, 15) is 9.59 Å². The molecule has 19 heavy (non-hydrogen) atoms. The molecule has 0 aliphatic carbocycles. The fraction of sp³-hybridized carbons (Fsp3) is 0.125. The lowest BCUT2D eigenvalue weighted by molar-refractivity contribution is 0.0988. The second-order valence-electron chi connectivity index (χ2n) is 4.42. The Balaban J connectivity index is 2.40. The molecule has 2 nitrogen and oxygen atoms in total. The van der Waals surface area contributed by atoms with Crippen molar-refractivity contribution in [3.05, 3.63) is 58.3 Å². The molecule has 1 heterocycles. The molecular formula is C16H12O2S. The molecule has 0 saturated heterocycles. The first-order valence-corrected chi connectivity index (χ1v) is 7.01. The number of benzene rings is 2. The van der Waals surface area contributed by atoms with Gasteiger partial charge in [0.2, 0.25) is 0 Å². The van der Waals surface area contributed by atoms with Crippen molar-refractivity contribution in [3.63, 3.8) is 0 Å².